The van der Waals surface area contributed by atoms with E-state index in [-0.39, 0.29) is 5.38 Å². The summed E-state index contributed by atoms with van der Waals surface area (Å²) in [6, 6.07) is 12.6. The van der Waals surface area contributed by atoms with Gasteiger partial charge in [-0.2, -0.15) is 11.8 Å². The van der Waals surface area contributed by atoms with Crippen LogP contribution in [0.3, 0.4) is 0 Å². The number of aryl methyl sites for hydroxylation is 1. The molecule has 1 aromatic heterocycles. The predicted octanol–water partition coefficient (Wildman–Crippen LogP) is 4.87. The lowest BCUT2D eigenvalue weighted by Gasteiger charge is -2.08. The molecule has 3 heteroatoms. The van der Waals surface area contributed by atoms with Crippen molar-refractivity contribution in [2.24, 2.45) is 0 Å². The van der Waals surface area contributed by atoms with Gasteiger partial charge in [0.15, 0.2) is 0 Å². The average molecular weight is 281 g/mol. The zero-order chi connectivity index (χ0) is 11.7. The topological polar surface area (TPSA) is 0 Å². The Balaban J connectivity index is 1.91. The van der Waals surface area contributed by atoms with Crippen LogP contribution in [0.2, 0.25) is 0 Å². The molecule has 0 saturated carbocycles. The normalized spacial score (nSPS) is 16.5. The van der Waals surface area contributed by atoms with E-state index in [9.17, 15) is 0 Å². The zero-order valence-corrected chi connectivity index (χ0v) is 11.7. The van der Waals surface area contributed by atoms with E-state index in [0.717, 1.165) is 5.75 Å². The highest BCUT2D eigenvalue weighted by atomic mass is 35.5. The van der Waals surface area contributed by atoms with Crippen molar-refractivity contribution in [2.45, 2.75) is 17.6 Å². The fourth-order valence-corrected chi connectivity index (χ4v) is 4.81. The SMILES string of the molecule is ClC(c1ccccc1)c1cc2c(s1)CCSC2. The molecular formula is C14H13ClS2. The lowest BCUT2D eigenvalue weighted by atomic mass is 10.1. The minimum absolute atomic E-state index is 0.0109. The zero-order valence-electron chi connectivity index (χ0n) is 9.36. The number of rotatable bonds is 2. The Hall–Kier alpha value is -0.440. The Morgan fingerprint density at radius 2 is 2.00 bits per heavy atom. The molecule has 1 atom stereocenters. The van der Waals surface area contributed by atoms with Crippen LogP contribution in [0.1, 0.15) is 26.3 Å². The second-order valence-electron chi connectivity index (χ2n) is 4.17. The predicted molar refractivity (Wildman–Crippen MR) is 78.3 cm³/mol. The molecule has 1 aliphatic rings. The monoisotopic (exact) mass is 280 g/mol. The lowest BCUT2D eigenvalue weighted by Crippen LogP contribution is -1.96. The summed E-state index contributed by atoms with van der Waals surface area (Å²) in [7, 11) is 0. The first kappa shape index (κ1) is 11.6. The van der Waals surface area contributed by atoms with Crippen LogP contribution in [-0.4, -0.2) is 5.75 Å². The first-order chi connectivity index (χ1) is 8.34. The largest absolute Gasteiger partial charge is 0.157 e. The molecule has 1 aliphatic heterocycles. The van der Waals surface area contributed by atoms with E-state index in [4.69, 9.17) is 11.6 Å². The molecule has 17 heavy (non-hydrogen) atoms. The fourth-order valence-electron chi connectivity index (χ4n) is 2.08. The van der Waals surface area contributed by atoms with Crippen molar-refractivity contribution in [1.29, 1.82) is 0 Å². The Kier molecular flexibility index (Phi) is 3.46. The summed E-state index contributed by atoms with van der Waals surface area (Å²) >= 11 is 10.5. The molecule has 0 bridgehead atoms. The molecule has 0 N–H and O–H groups in total. The van der Waals surface area contributed by atoms with Crippen LogP contribution < -0.4 is 0 Å². The van der Waals surface area contributed by atoms with E-state index < -0.39 is 0 Å². The molecule has 0 fully saturated rings. The maximum atomic E-state index is 6.55. The molecule has 0 aliphatic carbocycles. The third kappa shape index (κ3) is 2.40. The van der Waals surface area contributed by atoms with Crippen molar-refractivity contribution in [3.05, 3.63) is 57.3 Å². The van der Waals surface area contributed by atoms with Crippen molar-refractivity contribution >= 4 is 34.7 Å². The number of hydrogen-bond donors (Lipinski definition) is 0. The molecule has 1 aromatic carbocycles. The van der Waals surface area contributed by atoms with Gasteiger partial charge in [-0.3, -0.25) is 0 Å². The van der Waals surface area contributed by atoms with Gasteiger partial charge in [0.05, 0.1) is 5.38 Å². The van der Waals surface area contributed by atoms with E-state index in [1.807, 2.05) is 41.3 Å². The number of hydrogen-bond acceptors (Lipinski definition) is 2. The van der Waals surface area contributed by atoms with E-state index in [0.29, 0.717) is 0 Å². The molecule has 0 saturated heterocycles. The van der Waals surface area contributed by atoms with Crippen LogP contribution in [0.5, 0.6) is 0 Å². The number of fused-ring (bicyclic) bond motifs is 1. The van der Waals surface area contributed by atoms with E-state index in [1.165, 1.54) is 28.2 Å². The highest BCUT2D eigenvalue weighted by Crippen LogP contribution is 2.39. The van der Waals surface area contributed by atoms with Crippen LogP contribution in [0.15, 0.2) is 36.4 Å². The summed E-state index contributed by atoms with van der Waals surface area (Å²) in [5.41, 5.74) is 2.70. The van der Waals surface area contributed by atoms with E-state index in [2.05, 4.69) is 18.2 Å². The molecule has 0 spiro atoms. The van der Waals surface area contributed by atoms with Crippen molar-refractivity contribution in [2.75, 3.05) is 5.75 Å². The summed E-state index contributed by atoms with van der Waals surface area (Å²) < 4.78 is 0. The Labute approximate surface area is 115 Å². The average Bonchev–Trinajstić information content (AvgIpc) is 2.82. The Morgan fingerprint density at radius 1 is 1.18 bits per heavy atom. The van der Waals surface area contributed by atoms with Crippen LogP contribution in [-0.2, 0) is 12.2 Å². The van der Waals surface area contributed by atoms with E-state index in [1.54, 1.807) is 4.88 Å². The van der Waals surface area contributed by atoms with Crippen LogP contribution in [0.4, 0.5) is 0 Å². The third-order valence-electron chi connectivity index (χ3n) is 2.99. The number of thioether (sulfide) groups is 1. The number of alkyl halides is 1. The quantitative estimate of drug-likeness (QED) is 0.708. The Morgan fingerprint density at radius 3 is 2.76 bits per heavy atom. The minimum Gasteiger partial charge on any atom is -0.157 e. The van der Waals surface area contributed by atoms with Crippen LogP contribution in [0, 0.1) is 0 Å². The maximum absolute atomic E-state index is 6.55. The minimum atomic E-state index is 0.0109. The highest BCUT2D eigenvalue weighted by molar-refractivity contribution is 7.98. The second-order valence-corrected chi connectivity index (χ2v) is 6.88. The van der Waals surface area contributed by atoms with Crippen molar-refractivity contribution < 1.29 is 0 Å². The van der Waals surface area contributed by atoms with Gasteiger partial charge < -0.3 is 0 Å². The molecule has 1 unspecified atom stereocenters. The van der Waals surface area contributed by atoms with Crippen molar-refractivity contribution in [1.82, 2.24) is 0 Å². The fraction of sp³-hybridized carbons (Fsp3) is 0.286. The third-order valence-corrected chi connectivity index (χ3v) is 5.92. The van der Waals surface area contributed by atoms with Crippen LogP contribution >= 0.6 is 34.7 Å². The second kappa shape index (κ2) is 5.05. The molecule has 0 radical (unpaired) electrons. The first-order valence-corrected chi connectivity index (χ1v) is 8.13. The standard InChI is InChI=1S/C14H13ClS2/c15-14(10-4-2-1-3-5-10)13-8-11-9-16-7-6-12(11)17-13/h1-5,8,14H,6-7,9H2. The van der Waals surface area contributed by atoms with Crippen molar-refractivity contribution in [3.8, 4) is 0 Å². The molecule has 0 nitrogen and oxygen atoms in total. The summed E-state index contributed by atoms with van der Waals surface area (Å²) in [6.45, 7) is 0. The van der Waals surface area contributed by atoms with Gasteiger partial charge in [-0.05, 0) is 29.4 Å². The Bertz CT molecular complexity index is 481. The van der Waals surface area contributed by atoms with Gasteiger partial charge in [0, 0.05) is 15.5 Å². The molecule has 2 aromatic rings. The van der Waals surface area contributed by atoms with Gasteiger partial charge >= 0.3 is 0 Å². The van der Waals surface area contributed by atoms with Crippen molar-refractivity contribution in [3.63, 3.8) is 0 Å². The lowest BCUT2D eigenvalue weighted by molar-refractivity contribution is 1.13. The van der Waals surface area contributed by atoms with Gasteiger partial charge in [0.1, 0.15) is 0 Å². The maximum Gasteiger partial charge on any atom is 0.0927 e. The summed E-state index contributed by atoms with van der Waals surface area (Å²) in [6.07, 6.45) is 1.21. The molecule has 2 heterocycles. The van der Waals surface area contributed by atoms with Crippen LogP contribution in [0.25, 0.3) is 0 Å². The van der Waals surface area contributed by atoms with E-state index >= 15 is 0 Å². The van der Waals surface area contributed by atoms with Gasteiger partial charge in [-0.25, -0.2) is 0 Å². The highest BCUT2D eigenvalue weighted by Gasteiger charge is 2.18. The number of halogens is 1. The number of thiophene rings is 1. The molecule has 88 valence electrons. The van der Waals surface area contributed by atoms with Gasteiger partial charge in [-0.15, -0.1) is 22.9 Å². The van der Waals surface area contributed by atoms with Gasteiger partial charge in [0.2, 0.25) is 0 Å². The smallest absolute Gasteiger partial charge is 0.0927 e. The summed E-state index contributed by atoms with van der Waals surface area (Å²) in [5, 5.41) is 0.0109. The molecule has 0 amide bonds. The summed E-state index contributed by atoms with van der Waals surface area (Å²) in [5.74, 6) is 2.41. The van der Waals surface area contributed by atoms with Gasteiger partial charge in [0.25, 0.3) is 0 Å². The number of benzene rings is 1. The molecular weight excluding hydrogens is 268 g/mol. The first-order valence-electron chi connectivity index (χ1n) is 5.73. The summed E-state index contributed by atoms with van der Waals surface area (Å²) in [4.78, 5) is 2.84. The molecule has 3 rings (SSSR count). The van der Waals surface area contributed by atoms with Gasteiger partial charge in [-0.1, -0.05) is 30.3 Å².